The highest BCUT2D eigenvalue weighted by atomic mass is 32.2. The van der Waals surface area contributed by atoms with Crippen LogP contribution in [0.1, 0.15) is 51.3 Å². The number of ether oxygens (including phenoxy) is 1. The molecule has 0 spiro atoms. The van der Waals surface area contributed by atoms with Crippen molar-refractivity contribution in [2.45, 2.75) is 56.4 Å². The van der Waals surface area contributed by atoms with Crippen molar-refractivity contribution in [1.82, 2.24) is 10.1 Å². The molecule has 0 bridgehead atoms. The Morgan fingerprint density at radius 3 is 2.48 bits per heavy atom. The first kappa shape index (κ1) is 20.2. The summed E-state index contributed by atoms with van der Waals surface area (Å²) in [5.74, 6) is 2.58. The van der Waals surface area contributed by atoms with Crippen molar-refractivity contribution in [3.8, 4) is 5.75 Å². The molecule has 1 atom stereocenters. The third kappa shape index (κ3) is 4.74. The Bertz CT molecular complexity index is 944. The minimum Gasteiger partial charge on any atom is -0.490 e. The minimum absolute atomic E-state index is 0.112. The van der Waals surface area contributed by atoms with Crippen molar-refractivity contribution in [2.75, 3.05) is 24.2 Å². The number of hydrogen-bond acceptors (Lipinski definition) is 7. The minimum atomic E-state index is -3.30. The topological polar surface area (TPSA) is 85.5 Å². The first-order chi connectivity index (χ1) is 13.8. The van der Waals surface area contributed by atoms with Crippen LogP contribution in [0.15, 0.2) is 27.6 Å². The molecular weight excluding hydrogens is 390 g/mol. The third-order valence-electron chi connectivity index (χ3n) is 5.73. The van der Waals surface area contributed by atoms with Crippen LogP contribution in [0, 0.1) is 17.9 Å². The fourth-order valence-corrected chi connectivity index (χ4v) is 4.49. The SMILES string of the molecule is CC(C)c1noc(N2CCC(C(Oc3cc[c]c(S(C)(=O)=O)c3)C3CC3)CC2)n1. The summed E-state index contributed by atoms with van der Waals surface area (Å²) in [6.45, 7) is 5.81. The lowest BCUT2D eigenvalue weighted by atomic mass is 9.88. The Labute approximate surface area is 172 Å². The van der Waals surface area contributed by atoms with Crippen LogP contribution < -0.4 is 9.64 Å². The van der Waals surface area contributed by atoms with Gasteiger partial charge in [0.1, 0.15) is 11.9 Å². The van der Waals surface area contributed by atoms with E-state index in [0.717, 1.165) is 31.8 Å². The quantitative estimate of drug-likeness (QED) is 0.680. The molecule has 1 radical (unpaired) electrons. The zero-order chi connectivity index (χ0) is 20.6. The van der Waals surface area contributed by atoms with Gasteiger partial charge in [0.05, 0.1) is 4.90 Å². The number of anilines is 1. The molecule has 7 nitrogen and oxygen atoms in total. The Morgan fingerprint density at radius 1 is 1.21 bits per heavy atom. The Hall–Kier alpha value is -2.09. The summed E-state index contributed by atoms with van der Waals surface area (Å²) in [5, 5.41) is 4.06. The predicted molar refractivity (Wildman–Crippen MR) is 109 cm³/mol. The number of nitrogens with zero attached hydrogens (tertiary/aromatic N) is 3. The lowest BCUT2D eigenvalue weighted by Crippen LogP contribution is -2.40. The number of rotatable bonds is 7. The van der Waals surface area contributed by atoms with Crippen molar-refractivity contribution >= 4 is 15.9 Å². The van der Waals surface area contributed by atoms with Crippen LogP contribution in [0.4, 0.5) is 6.01 Å². The molecular formula is C21H28N3O4S. The average Bonchev–Trinajstić information content (AvgIpc) is 3.41. The van der Waals surface area contributed by atoms with Crippen LogP contribution in [-0.4, -0.2) is 44.0 Å². The van der Waals surface area contributed by atoms with E-state index in [1.807, 2.05) is 0 Å². The van der Waals surface area contributed by atoms with E-state index in [1.165, 1.54) is 19.1 Å². The van der Waals surface area contributed by atoms with Crippen LogP contribution in [0.3, 0.4) is 0 Å². The maximum Gasteiger partial charge on any atom is 0.324 e. The van der Waals surface area contributed by atoms with Gasteiger partial charge < -0.3 is 14.2 Å². The molecule has 0 amide bonds. The fourth-order valence-electron chi connectivity index (χ4n) is 3.88. The predicted octanol–water partition coefficient (Wildman–Crippen LogP) is 3.47. The lowest BCUT2D eigenvalue weighted by Gasteiger charge is -2.35. The van der Waals surface area contributed by atoms with Gasteiger partial charge in [-0.2, -0.15) is 4.98 Å². The second-order valence-electron chi connectivity index (χ2n) is 8.50. The first-order valence-corrected chi connectivity index (χ1v) is 12.2. The van der Waals surface area contributed by atoms with Gasteiger partial charge in [0.25, 0.3) is 0 Å². The van der Waals surface area contributed by atoms with Crippen molar-refractivity contribution in [2.24, 2.45) is 11.8 Å². The summed E-state index contributed by atoms with van der Waals surface area (Å²) in [6, 6.07) is 8.40. The molecule has 1 saturated carbocycles. The molecule has 1 unspecified atom stereocenters. The molecule has 2 heterocycles. The van der Waals surface area contributed by atoms with Gasteiger partial charge in [-0.1, -0.05) is 19.0 Å². The maximum atomic E-state index is 11.8. The summed E-state index contributed by atoms with van der Waals surface area (Å²) in [4.78, 5) is 6.84. The molecule has 2 aromatic rings. The molecule has 1 saturated heterocycles. The molecule has 8 heteroatoms. The largest absolute Gasteiger partial charge is 0.490 e. The lowest BCUT2D eigenvalue weighted by molar-refractivity contribution is 0.0953. The highest BCUT2D eigenvalue weighted by Crippen LogP contribution is 2.41. The number of benzene rings is 1. The number of hydrogen-bond donors (Lipinski definition) is 0. The smallest absolute Gasteiger partial charge is 0.324 e. The number of piperidine rings is 1. The molecule has 1 aromatic heterocycles. The van der Waals surface area contributed by atoms with Crippen LogP contribution in [0.25, 0.3) is 0 Å². The second kappa shape index (κ2) is 7.97. The molecule has 2 aliphatic rings. The van der Waals surface area contributed by atoms with Gasteiger partial charge in [0.15, 0.2) is 15.7 Å². The number of aromatic nitrogens is 2. The molecule has 1 aromatic carbocycles. The molecule has 2 fully saturated rings. The molecule has 1 aliphatic carbocycles. The third-order valence-corrected chi connectivity index (χ3v) is 6.76. The average molecular weight is 419 g/mol. The van der Waals surface area contributed by atoms with Gasteiger partial charge in [-0.3, -0.25) is 0 Å². The summed E-state index contributed by atoms with van der Waals surface area (Å²) < 4.78 is 35.4. The van der Waals surface area contributed by atoms with Gasteiger partial charge in [-0.05, 0) is 55.7 Å². The van der Waals surface area contributed by atoms with Gasteiger partial charge in [-0.25, -0.2) is 8.42 Å². The van der Waals surface area contributed by atoms with Gasteiger partial charge in [0, 0.05) is 31.3 Å². The van der Waals surface area contributed by atoms with Crippen LogP contribution in [0.5, 0.6) is 5.75 Å². The zero-order valence-corrected chi connectivity index (χ0v) is 18.0. The highest BCUT2D eigenvalue weighted by molar-refractivity contribution is 7.90. The molecule has 157 valence electrons. The molecule has 1 aliphatic heterocycles. The first-order valence-electron chi connectivity index (χ1n) is 10.3. The van der Waals surface area contributed by atoms with Crippen molar-refractivity contribution in [3.63, 3.8) is 0 Å². The fraction of sp³-hybridized carbons (Fsp3) is 0.619. The van der Waals surface area contributed by atoms with E-state index in [-0.39, 0.29) is 16.9 Å². The number of sulfone groups is 1. The van der Waals surface area contributed by atoms with E-state index >= 15 is 0 Å². The summed E-state index contributed by atoms with van der Waals surface area (Å²) in [7, 11) is -3.30. The van der Waals surface area contributed by atoms with E-state index in [4.69, 9.17) is 9.26 Å². The summed E-state index contributed by atoms with van der Waals surface area (Å²) in [6.07, 6.45) is 5.62. The second-order valence-corrected chi connectivity index (χ2v) is 10.5. The van der Waals surface area contributed by atoms with E-state index in [2.05, 4.69) is 35.0 Å². The molecule has 0 N–H and O–H groups in total. The summed E-state index contributed by atoms with van der Waals surface area (Å²) in [5.41, 5.74) is 0. The van der Waals surface area contributed by atoms with E-state index in [9.17, 15) is 8.42 Å². The van der Waals surface area contributed by atoms with Gasteiger partial charge in [0.2, 0.25) is 0 Å². The van der Waals surface area contributed by atoms with Gasteiger partial charge in [-0.15, -0.1) is 0 Å². The monoisotopic (exact) mass is 418 g/mol. The van der Waals surface area contributed by atoms with Crippen LogP contribution in [-0.2, 0) is 9.84 Å². The van der Waals surface area contributed by atoms with Crippen molar-refractivity contribution in [3.05, 3.63) is 30.1 Å². The Balaban J connectivity index is 1.42. The molecule has 4 rings (SSSR count). The normalized spacial score (nSPS) is 19.5. The van der Waals surface area contributed by atoms with E-state index in [1.54, 1.807) is 18.2 Å². The van der Waals surface area contributed by atoms with Crippen molar-refractivity contribution < 1.29 is 17.7 Å². The molecule has 29 heavy (non-hydrogen) atoms. The van der Waals surface area contributed by atoms with E-state index in [0.29, 0.717) is 23.6 Å². The zero-order valence-electron chi connectivity index (χ0n) is 17.2. The highest BCUT2D eigenvalue weighted by Gasteiger charge is 2.40. The van der Waals surface area contributed by atoms with E-state index < -0.39 is 9.84 Å². The van der Waals surface area contributed by atoms with Crippen molar-refractivity contribution in [1.29, 1.82) is 0 Å². The summed E-state index contributed by atoms with van der Waals surface area (Å²) >= 11 is 0. The van der Waals surface area contributed by atoms with Crippen LogP contribution in [0.2, 0.25) is 0 Å². The maximum absolute atomic E-state index is 11.8. The Morgan fingerprint density at radius 2 is 1.90 bits per heavy atom. The van der Waals surface area contributed by atoms with Crippen LogP contribution >= 0.6 is 0 Å². The Kier molecular flexibility index (Phi) is 5.55. The standard InChI is InChI=1S/C21H28N3O4S/c1-14(2)20-22-21(28-23-20)24-11-9-16(10-12-24)19(15-7-8-15)27-17-5-4-6-18(13-17)29(3,25)26/h4-5,13-16,19H,7-12H2,1-3H3. The van der Waals surface area contributed by atoms with Gasteiger partial charge >= 0.3 is 6.01 Å².